The average Bonchev–Trinajstić information content (AvgIpc) is 3.60. The van der Waals surface area contributed by atoms with Crippen LogP contribution >= 0.6 is 0 Å². The first-order valence-corrected chi connectivity index (χ1v) is 13.9. The van der Waals surface area contributed by atoms with Crippen LogP contribution in [-0.2, 0) is 6.54 Å². The van der Waals surface area contributed by atoms with Crippen molar-refractivity contribution in [1.29, 1.82) is 0 Å². The number of furan rings is 1. The summed E-state index contributed by atoms with van der Waals surface area (Å²) in [4.78, 5) is 8.89. The van der Waals surface area contributed by atoms with Crippen LogP contribution in [0.3, 0.4) is 0 Å². The number of hydrogen-bond donors (Lipinski definition) is 1. The predicted molar refractivity (Wildman–Crippen MR) is 188 cm³/mol. The minimum atomic E-state index is -0.698. The second-order valence-electron chi connectivity index (χ2n) is 10.1. The molecule has 0 spiro atoms. The minimum Gasteiger partial charge on any atom is -0.456 e. The first-order chi connectivity index (χ1) is 28.0. The summed E-state index contributed by atoms with van der Waals surface area (Å²) in [6.07, 6.45) is 0. The molecule has 0 radical (unpaired) electrons. The van der Waals surface area contributed by atoms with Gasteiger partial charge in [0.2, 0.25) is 0 Å². The van der Waals surface area contributed by atoms with Crippen LogP contribution in [0.1, 0.15) is 35.9 Å². The van der Waals surface area contributed by atoms with E-state index in [-0.39, 0.29) is 51.2 Å². The Balaban J connectivity index is 1.37. The third-order valence-corrected chi connectivity index (χ3v) is 7.41. The molecule has 0 aliphatic heterocycles. The van der Waals surface area contributed by atoms with Gasteiger partial charge in [-0.05, 0) is 56.4 Å². The van der Waals surface area contributed by atoms with Crippen molar-refractivity contribution in [3.05, 3.63) is 168 Å². The smallest absolute Gasteiger partial charge is 0.157 e. The summed E-state index contributed by atoms with van der Waals surface area (Å²) < 4.78 is 126. The molecule has 4 heteroatoms. The van der Waals surface area contributed by atoms with E-state index in [1.54, 1.807) is 12.1 Å². The maximum Gasteiger partial charge on any atom is 0.157 e. The van der Waals surface area contributed by atoms with Crippen LogP contribution in [0.2, 0.25) is 0 Å². The molecular weight excluding hydrogens is 550 g/mol. The van der Waals surface area contributed by atoms with E-state index in [2.05, 4.69) is 9.98 Å². The van der Waals surface area contributed by atoms with Crippen molar-refractivity contribution < 1.29 is 23.6 Å². The van der Waals surface area contributed by atoms with Gasteiger partial charge in [-0.25, -0.2) is 4.99 Å². The van der Waals surface area contributed by atoms with Crippen molar-refractivity contribution in [2.24, 2.45) is 15.7 Å². The van der Waals surface area contributed by atoms with Gasteiger partial charge in [-0.2, -0.15) is 0 Å². The Morgan fingerprint density at radius 1 is 0.622 bits per heavy atom. The molecule has 0 saturated carbocycles. The van der Waals surface area contributed by atoms with E-state index in [9.17, 15) is 5.48 Å². The Hall–Kier alpha value is -6.00. The van der Waals surface area contributed by atoms with E-state index in [1.807, 2.05) is 42.5 Å². The number of aliphatic imine (C=N–C) groups is 2. The molecule has 0 fully saturated rings. The largest absolute Gasteiger partial charge is 0.456 e. The highest BCUT2D eigenvalue weighted by Gasteiger charge is 2.12. The Bertz CT molecular complexity index is 3150. The second kappa shape index (κ2) is 11.3. The summed E-state index contributed by atoms with van der Waals surface area (Å²) in [6.45, 7) is -0.501. The number of hydrogen-bond acceptors (Lipinski definition) is 2. The van der Waals surface area contributed by atoms with E-state index in [0.29, 0.717) is 5.56 Å². The van der Waals surface area contributed by atoms with E-state index in [0.717, 1.165) is 21.5 Å². The number of para-hydroxylation sites is 1. The summed E-state index contributed by atoms with van der Waals surface area (Å²) >= 11 is 0. The fraction of sp³-hybridized carbons (Fsp3) is 0.0244. The predicted octanol–water partition coefficient (Wildman–Crippen LogP) is 9.91. The first kappa shape index (κ1) is 15.6. The maximum absolute atomic E-state index is 9.24. The number of fused-ring (bicyclic) bond motifs is 6. The highest BCUT2D eigenvalue weighted by Crippen LogP contribution is 2.32. The normalized spacial score (nSPS) is 16.8. The number of nitrogens with zero attached hydrogens (tertiary/aromatic N) is 2. The molecular formula is C41H29N3O. The number of amidine groups is 2. The molecule has 8 rings (SSSR count). The highest BCUT2D eigenvalue weighted by molar-refractivity contribution is 6.12. The van der Waals surface area contributed by atoms with Crippen LogP contribution in [0.25, 0.3) is 54.6 Å². The lowest BCUT2D eigenvalue weighted by Crippen LogP contribution is -2.16. The lowest BCUT2D eigenvalue weighted by atomic mass is 9.96. The van der Waals surface area contributed by atoms with Crippen molar-refractivity contribution >= 4 is 55.2 Å². The van der Waals surface area contributed by atoms with Gasteiger partial charge in [0.05, 0.1) is 25.7 Å². The zero-order valence-electron chi connectivity index (χ0n) is 37.4. The molecule has 45 heavy (non-hydrogen) atoms. The molecule has 0 amide bonds. The standard InChI is InChI=1S/C41H29N3O/c42-40(30-10-2-1-3-11-30)44-41(43-26-33-12-8-16-38-39(33)35-14-6-7-15-37(35)45-38)31-22-17-27(18-23-31)32-24-21-29-20-19-28-9-4-5-13-34(28)36(29)25-32/h1-25H,26H2,(H2,42,43,44)/i1D,2D,3D,6D,7D,10D,11D,12D,15D,16D,17D,18D,22D,23D. The quantitative estimate of drug-likeness (QED) is 0.123. The maximum atomic E-state index is 9.24. The van der Waals surface area contributed by atoms with E-state index < -0.39 is 95.8 Å². The minimum absolute atomic E-state index is 0.0160. The zero-order chi connectivity index (χ0) is 42.3. The molecule has 0 aliphatic carbocycles. The second-order valence-corrected chi connectivity index (χ2v) is 10.1. The molecule has 1 heterocycles. The fourth-order valence-corrected chi connectivity index (χ4v) is 5.26. The molecule has 0 bridgehead atoms. The molecule has 7 aromatic carbocycles. The van der Waals surface area contributed by atoms with Gasteiger partial charge in [0.25, 0.3) is 0 Å². The van der Waals surface area contributed by atoms with Crippen molar-refractivity contribution in [1.82, 2.24) is 0 Å². The summed E-state index contributed by atoms with van der Waals surface area (Å²) in [5, 5.41) is 3.93. The lowest BCUT2D eigenvalue weighted by Gasteiger charge is -2.09. The Kier molecular flexibility index (Phi) is 3.91. The zero-order valence-corrected chi connectivity index (χ0v) is 23.4. The molecule has 0 unspecified atom stereocenters. The topological polar surface area (TPSA) is 63.9 Å². The molecule has 4 nitrogen and oxygen atoms in total. The van der Waals surface area contributed by atoms with E-state index in [4.69, 9.17) is 23.9 Å². The average molecular weight is 594 g/mol. The van der Waals surface area contributed by atoms with Gasteiger partial charge < -0.3 is 10.2 Å². The monoisotopic (exact) mass is 593 g/mol. The SMILES string of the molecule is [2H]c1cc2c(oc3c([2H])cc([2H])c(CN=C(N=C(N)c4c([2H])c([2H])c([2H])c([2H])c4[2H])c4c([2H])c([2H])c(-c5ccc6ccc7ccccc7c6c5)c([2H])c4[2H])c32)c([2H])c1[2H]. The van der Waals surface area contributed by atoms with Crippen molar-refractivity contribution in [3.63, 3.8) is 0 Å². The van der Waals surface area contributed by atoms with Crippen molar-refractivity contribution in [3.8, 4) is 11.1 Å². The van der Waals surface area contributed by atoms with Crippen molar-refractivity contribution in [2.45, 2.75) is 6.54 Å². The summed E-state index contributed by atoms with van der Waals surface area (Å²) in [7, 11) is 0. The van der Waals surface area contributed by atoms with E-state index in [1.165, 1.54) is 12.1 Å². The van der Waals surface area contributed by atoms with Gasteiger partial charge in [0.1, 0.15) is 17.0 Å². The Morgan fingerprint density at radius 3 is 2.27 bits per heavy atom. The third kappa shape index (κ3) is 5.02. The molecule has 8 aromatic rings. The van der Waals surface area contributed by atoms with E-state index >= 15 is 0 Å². The summed E-state index contributed by atoms with van der Waals surface area (Å²) in [5.41, 5.74) is 5.77. The van der Waals surface area contributed by atoms with Gasteiger partial charge in [-0.15, -0.1) is 0 Å². The van der Waals surface area contributed by atoms with Gasteiger partial charge in [-0.1, -0.05) is 133 Å². The van der Waals surface area contributed by atoms with Crippen LogP contribution in [0.4, 0.5) is 0 Å². The number of nitrogens with two attached hydrogens (primary N) is 1. The molecule has 214 valence electrons. The third-order valence-electron chi connectivity index (χ3n) is 7.41. The van der Waals surface area contributed by atoms with Crippen LogP contribution in [-0.4, -0.2) is 11.7 Å². The Morgan fingerprint density at radius 2 is 1.40 bits per heavy atom. The highest BCUT2D eigenvalue weighted by atomic mass is 16.3. The van der Waals surface area contributed by atoms with Gasteiger partial charge >= 0.3 is 0 Å². The molecule has 0 saturated heterocycles. The molecule has 1 aromatic heterocycles. The summed E-state index contributed by atoms with van der Waals surface area (Å²) in [5.74, 6) is -1.18. The first-order valence-electron chi connectivity index (χ1n) is 20.9. The van der Waals surface area contributed by atoms with Crippen LogP contribution < -0.4 is 5.73 Å². The van der Waals surface area contributed by atoms with Crippen LogP contribution in [0.5, 0.6) is 0 Å². The number of benzene rings is 7. The fourth-order valence-electron chi connectivity index (χ4n) is 5.26. The molecule has 2 N–H and O–H groups in total. The van der Waals surface area contributed by atoms with Gasteiger partial charge in [0.15, 0.2) is 5.84 Å². The molecule has 0 atom stereocenters. The van der Waals surface area contributed by atoms with Gasteiger partial charge in [-0.3, -0.25) is 4.99 Å². The summed E-state index contributed by atoms with van der Waals surface area (Å²) in [6, 6.07) is 12.4. The van der Waals surface area contributed by atoms with Crippen LogP contribution in [0.15, 0.2) is 166 Å². The van der Waals surface area contributed by atoms with Crippen LogP contribution in [0, 0.1) is 0 Å². The Labute approximate surface area is 280 Å². The number of rotatable bonds is 5. The lowest BCUT2D eigenvalue weighted by molar-refractivity contribution is 0.668. The van der Waals surface area contributed by atoms with Crippen molar-refractivity contribution in [2.75, 3.05) is 0 Å². The molecule has 0 aliphatic rings. The van der Waals surface area contributed by atoms with Gasteiger partial charge in [0, 0.05) is 21.9 Å².